The van der Waals surface area contributed by atoms with Crippen molar-refractivity contribution in [3.63, 3.8) is 0 Å². The predicted molar refractivity (Wildman–Crippen MR) is 78.4 cm³/mol. The molecule has 2 heterocycles. The van der Waals surface area contributed by atoms with Crippen molar-refractivity contribution in [1.29, 1.82) is 0 Å². The van der Waals surface area contributed by atoms with Crippen molar-refractivity contribution >= 4 is 17.8 Å². The quantitative estimate of drug-likeness (QED) is 0.643. The molecule has 0 amide bonds. The first-order valence-corrected chi connectivity index (χ1v) is 6.95. The molecular formula is C16H16OS. The van der Waals surface area contributed by atoms with Crippen LogP contribution in [0.5, 0.6) is 5.75 Å². The highest BCUT2D eigenvalue weighted by Crippen LogP contribution is 2.47. The molecule has 0 aromatic heterocycles. The Morgan fingerprint density at radius 2 is 1.78 bits per heavy atom. The number of aryl methyl sites for hydroxylation is 1. The van der Waals surface area contributed by atoms with Gasteiger partial charge in [0.15, 0.2) is 0 Å². The molecule has 0 spiro atoms. The van der Waals surface area contributed by atoms with E-state index >= 15 is 0 Å². The summed E-state index contributed by atoms with van der Waals surface area (Å²) in [6.45, 7) is 8.58. The molecule has 0 N–H and O–H groups in total. The van der Waals surface area contributed by atoms with Crippen molar-refractivity contribution in [2.45, 2.75) is 27.7 Å². The molecule has 2 heteroatoms. The molecule has 92 valence electrons. The third kappa shape index (κ3) is 1.64. The van der Waals surface area contributed by atoms with Crippen LogP contribution in [0.1, 0.15) is 31.9 Å². The lowest BCUT2D eigenvalue weighted by Gasteiger charge is -2.27. The van der Waals surface area contributed by atoms with Gasteiger partial charge < -0.3 is 4.74 Å². The maximum absolute atomic E-state index is 6.15. The van der Waals surface area contributed by atoms with Gasteiger partial charge in [0.05, 0.1) is 4.91 Å². The number of hydrogen-bond donors (Lipinski definition) is 0. The van der Waals surface area contributed by atoms with Gasteiger partial charge in [-0.1, -0.05) is 30.0 Å². The topological polar surface area (TPSA) is 9.23 Å². The smallest absolute Gasteiger partial charge is 0.144 e. The van der Waals surface area contributed by atoms with Gasteiger partial charge in [-0.25, -0.2) is 0 Å². The van der Waals surface area contributed by atoms with Gasteiger partial charge in [-0.15, -0.1) is 0 Å². The van der Waals surface area contributed by atoms with E-state index in [1.807, 2.05) is 11.8 Å². The van der Waals surface area contributed by atoms with Crippen molar-refractivity contribution in [3.8, 4) is 5.75 Å². The van der Waals surface area contributed by atoms with Crippen LogP contribution in [0.4, 0.5) is 0 Å². The molecule has 1 nitrogen and oxygen atoms in total. The van der Waals surface area contributed by atoms with Crippen LogP contribution in [0, 0.1) is 6.92 Å². The van der Waals surface area contributed by atoms with E-state index in [0.717, 1.165) is 11.5 Å². The van der Waals surface area contributed by atoms with Crippen molar-refractivity contribution in [3.05, 3.63) is 56.0 Å². The average molecular weight is 256 g/mol. The molecule has 0 saturated carbocycles. The van der Waals surface area contributed by atoms with Gasteiger partial charge >= 0.3 is 0 Å². The summed E-state index contributed by atoms with van der Waals surface area (Å²) in [5.74, 6) is 2.04. The van der Waals surface area contributed by atoms with Crippen LogP contribution in [-0.4, -0.2) is 0 Å². The van der Waals surface area contributed by atoms with Crippen LogP contribution < -0.4 is 4.74 Å². The monoisotopic (exact) mass is 256 g/mol. The largest absolute Gasteiger partial charge is 0.455 e. The molecule has 0 fully saturated rings. The van der Waals surface area contributed by atoms with Crippen molar-refractivity contribution in [1.82, 2.24) is 0 Å². The normalized spacial score (nSPS) is 18.1. The van der Waals surface area contributed by atoms with Gasteiger partial charge in [-0.05, 0) is 55.4 Å². The maximum Gasteiger partial charge on any atom is 0.144 e. The highest BCUT2D eigenvalue weighted by molar-refractivity contribution is 8.07. The first-order chi connectivity index (χ1) is 8.58. The fourth-order valence-corrected chi connectivity index (χ4v) is 3.41. The van der Waals surface area contributed by atoms with E-state index < -0.39 is 0 Å². The zero-order chi connectivity index (χ0) is 12.9. The number of fused-ring (bicyclic) bond motifs is 2. The third-order valence-corrected chi connectivity index (χ3v) is 4.79. The summed E-state index contributed by atoms with van der Waals surface area (Å²) in [7, 11) is 0. The Labute approximate surface area is 112 Å². The van der Waals surface area contributed by atoms with E-state index in [2.05, 4.69) is 52.0 Å². The Kier molecular flexibility index (Phi) is 2.63. The molecule has 0 aliphatic carbocycles. The number of benzene rings is 1. The first-order valence-electron chi connectivity index (χ1n) is 6.14. The lowest BCUT2D eigenvalue weighted by atomic mass is 10.0. The minimum Gasteiger partial charge on any atom is -0.455 e. The second-order valence-corrected chi connectivity index (χ2v) is 6.10. The van der Waals surface area contributed by atoms with Gasteiger partial charge in [0.2, 0.25) is 0 Å². The number of thioether (sulfide) groups is 1. The van der Waals surface area contributed by atoms with E-state index in [-0.39, 0.29) is 0 Å². The highest BCUT2D eigenvalue weighted by atomic mass is 32.2. The maximum atomic E-state index is 6.15. The van der Waals surface area contributed by atoms with Crippen LogP contribution in [0.2, 0.25) is 0 Å². The molecule has 2 aliphatic heterocycles. The fourth-order valence-electron chi connectivity index (χ4n) is 2.30. The zero-order valence-electron chi connectivity index (χ0n) is 11.1. The molecule has 0 bridgehead atoms. The van der Waals surface area contributed by atoms with Crippen molar-refractivity contribution < 1.29 is 4.74 Å². The second kappa shape index (κ2) is 4.06. The lowest BCUT2D eigenvalue weighted by Crippen LogP contribution is -2.11. The van der Waals surface area contributed by atoms with E-state index in [1.54, 1.807) is 0 Å². The number of rotatable bonds is 0. The minimum atomic E-state index is 1.00. The summed E-state index contributed by atoms with van der Waals surface area (Å²) < 4.78 is 6.15. The van der Waals surface area contributed by atoms with Gasteiger partial charge in [0.1, 0.15) is 11.5 Å². The Morgan fingerprint density at radius 1 is 1.00 bits per heavy atom. The molecule has 0 saturated heterocycles. The number of para-hydroxylation sites is 1. The van der Waals surface area contributed by atoms with Gasteiger partial charge in [-0.2, -0.15) is 0 Å². The van der Waals surface area contributed by atoms with Crippen molar-refractivity contribution in [2.24, 2.45) is 0 Å². The summed E-state index contributed by atoms with van der Waals surface area (Å²) in [5.41, 5.74) is 4.97. The first kappa shape index (κ1) is 11.7. The van der Waals surface area contributed by atoms with Gasteiger partial charge in [0.25, 0.3) is 0 Å². The molecule has 0 unspecified atom stereocenters. The van der Waals surface area contributed by atoms with E-state index in [9.17, 15) is 0 Å². The molecule has 0 radical (unpaired) electrons. The van der Waals surface area contributed by atoms with Crippen LogP contribution in [0.15, 0.2) is 44.9 Å². The molecule has 2 aliphatic rings. The molecule has 18 heavy (non-hydrogen) atoms. The predicted octanol–water partition coefficient (Wildman–Crippen LogP) is 5.04. The molecule has 0 atom stereocenters. The molecule has 1 aromatic rings. The highest BCUT2D eigenvalue weighted by Gasteiger charge is 2.25. The summed E-state index contributed by atoms with van der Waals surface area (Å²) in [5, 5.41) is 0. The SMILES string of the molecule is CC1=C(C)C(C)=C2Oc3c(C)cccc3C=C2S1. The Bertz CT molecular complexity index is 632. The van der Waals surface area contributed by atoms with E-state index in [4.69, 9.17) is 4.74 Å². The Balaban J connectivity index is 2.20. The Morgan fingerprint density at radius 3 is 2.56 bits per heavy atom. The van der Waals surface area contributed by atoms with Crippen LogP contribution in [-0.2, 0) is 0 Å². The number of allylic oxidation sites excluding steroid dienone is 3. The summed E-state index contributed by atoms with van der Waals surface area (Å²) in [4.78, 5) is 2.59. The van der Waals surface area contributed by atoms with Crippen LogP contribution >= 0.6 is 11.8 Å². The lowest BCUT2D eigenvalue weighted by molar-refractivity contribution is 0.428. The van der Waals surface area contributed by atoms with Crippen LogP contribution in [0.25, 0.3) is 6.08 Å². The standard InChI is InChI=1S/C16H16OS/c1-9-6-5-7-13-8-14-16(17-15(9)13)11(3)10(2)12(4)18-14/h5-8H,1-4H3. The minimum absolute atomic E-state index is 1.00. The average Bonchev–Trinajstić information content (AvgIpc) is 2.35. The zero-order valence-corrected chi connectivity index (χ0v) is 11.9. The fraction of sp³-hybridized carbons (Fsp3) is 0.250. The van der Waals surface area contributed by atoms with Gasteiger partial charge in [-0.3, -0.25) is 0 Å². The third-order valence-electron chi connectivity index (χ3n) is 3.65. The summed E-state index contributed by atoms with van der Waals surface area (Å²) in [6.07, 6.45) is 2.24. The summed E-state index contributed by atoms with van der Waals surface area (Å²) in [6, 6.07) is 6.29. The Hall–Kier alpha value is -1.41. The van der Waals surface area contributed by atoms with E-state index in [0.29, 0.717) is 0 Å². The molecule has 1 aromatic carbocycles. The van der Waals surface area contributed by atoms with Crippen molar-refractivity contribution in [2.75, 3.05) is 0 Å². The number of ether oxygens (including phenoxy) is 1. The van der Waals surface area contributed by atoms with Gasteiger partial charge in [0, 0.05) is 5.56 Å². The molecular weight excluding hydrogens is 240 g/mol. The molecule has 3 rings (SSSR count). The van der Waals surface area contributed by atoms with Crippen LogP contribution in [0.3, 0.4) is 0 Å². The second-order valence-electron chi connectivity index (χ2n) is 4.84. The van der Waals surface area contributed by atoms with E-state index in [1.165, 1.54) is 32.1 Å². The summed E-state index contributed by atoms with van der Waals surface area (Å²) >= 11 is 1.81. The number of hydrogen-bond acceptors (Lipinski definition) is 2.